The molecular formula is C36H39NO4. The van der Waals surface area contributed by atoms with E-state index in [0.717, 1.165) is 49.4 Å². The van der Waals surface area contributed by atoms with Crippen molar-refractivity contribution in [1.29, 1.82) is 0 Å². The number of benzene rings is 3. The SMILES string of the molecule is C=C[C@@]1(OC)[C@@H](C(C)=O)C[C@]2(C)[C@H]3Cc4ccc(OCc5ccccc5)c5c4[C@@]2(CCN3Cc2ccccc2)[C@H]1O5. The minimum Gasteiger partial charge on any atom is -0.485 e. The van der Waals surface area contributed by atoms with Gasteiger partial charge in [-0.3, -0.25) is 9.69 Å². The van der Waals surface area contributed by atoms with Gasteiger partial charge >= 0.3 is 0 Å². The summed E-state index contributed by atoms with van der Waals surface area (Å²) in [5.74, 6) is 1.37. The predicted molar refractivity (Wildman–Crippen MR) is 159 cm³/mol. The molecule has 2 heterocycles. The summed E-state index contributed by atoms with van der Waals surface area (Å²) in [6.45, 7) is 10.7. The number of carbonyl (C=O) groups is 1. The molecule has 2 fully saturated rings. The van der Waals surface area contributed by atoms with Gasteiger partial charge in [0.1, 0.15) is 24.1 Å². The molecule has 7 rings (SSSR count). The Bertz CT molecular complexity index is 1490. The van der Waals surface area contributed by atoms with Crippen molar-refractivity contribution in [1.82, 2.24) is 4.90 Å². The van der Waals surface area contributed by atoms with Gasteiger partial charge in [-0.25, -0.2) is 0 Å². The van der Waals surface area contributed by atoms with Crippen LogP contribution in [0.5, 0.6) is 11.5 Å². The number of likely N-dealkylation sites (tertiary alicyclic amines) is 1. The molecule has 0 amide bonds. The van der Waals surface area contributed by atoms with Gasteiger partial charge in [-0.05, 0) is 60.9 Å². The average molecular weight is 550 g/mol. The molecule has 0 unspecified atom stereocenters. The summed E-state index contributed by atoms with van der Waals surface area (Å²) in [4.78, 5) is 16.1. The number of nitrogens with zero attached hydrogens (tertiary/aromatic N) is 1. The highest BCUT2D eigenvalue weighted by Gasteiger charge is 2.76. The summed E-state index contributed by atoms with van der Waals surface area (Å²) in [6, 6.07) is 25.6. The Morgan fingerprint density at radius 3 is 2.44 bits per heavy atom. The second-order valence-corrected chi connectivity index (χ2v) is 12.6. The van der Waals surface area contributed by atoms with Gasteiger partial charge < -0.3 is 14.2 Å². The second kappa shape index (κ2) is 9.57. The van der Waals surface area contributed by atoms with Crippen molar-refractivity contribution in [3.05, 3.63) is 108 Å². The number of methoxy groups -OCH3 is 1. The molecule has 41 heavy (non-hydrogen) atoms. The zero-order chi connectivity index (χ0) is 28.4. The van der Waals surface area contributed by atoms with Crippen LogP contribution in [0.2, 0.25) is 0 Å². The van der Waals surface area contributed by atoms with E-state index in [0.29, 0.717) is 6.61 Å². The number of hydrogen-bond donors (Lipinski definition) is 0. The van der Waals surface area contributed by atoms with Gasteiger partial charge in [0.2, 0.25) is 0 Å². The van der Waals surface area contributed by atoms with Gasteiger partial charge in [0, 0.05) is 30.7 Å². The van der Waals surface area contributed by atoms with Crippen LogP contribution in [-0.2, 0) is 34.5 Å². The molecule has 0 radical (unpaired) electrons. The van der Waals surface area contributed by atoms with Crippen molar-refractivity contribution in [3.63, 3.8) is 0 Å². The Balaban J connectivity index is 1.38. The van der Waals surface area contributed by atoms with E-state index in [4.69, 9.17) is 14.2 Å². The van der Waals surface area contributed by atoms with E-state index in [2.05, 4.69) is 73.0 Å². The highest BCUT2D eigenvalue weighted by atomic mass is 16.6. The van der Waals surface area contributed by atoms with Crippen molar-refractivity contribution in [2.45, 2.75) is 69.4 Å². The van der Waals surface area contributed by atoms with Crippen LogP contribution in [0.4, 0.5) is 0 Å². The maximum absolute atomic E-state index is 13.4. The van der Waals surface area contributed by atoms with E-state index in [1.54, 1.807) is 14.0 Å². The zero-order valence-corrected chi connectivity index (χ0v) is 24.3. The average Bonchev–Trinajstić information content (AvgIpc) is 3.35. The Morgan fingerprint density at radius 1 is 1.07 bits per heavy atom. The Labute approximate surface area is 243 Å². The predicted octanol–water partition coefficient (Wildman–Crippen LogP) is 6.28. The number of ketones is 1. The van der Waals surface area contributed by atoms with E-state index >= 15 is 0 Å². The molecule has 2 aliphatic carbocycles. The lowest BCUT2D eigenvalue weighted by molar-refractivity contribution is -0.212. The molecule has 4 aliphatic rings. The van der Waals surface area contributed by atoms with E-state index in [1.807, 2.05) is 24.3 Å². The molecule has 0 N–H and O–H groups in total. The number of Topliss-reactive ketones (excluding diaryl/α,β-unsaturated/α-hetero) is 1. The molecule has 1 saturated carbocycles. The molecule has 6 atom stereocenters. The summed E-state index contributed by atoms with van der Waals surface area (Å²) in [5.41, 5.74) is 3.57. The molecule has 2 aliphatic heterocycles. The smallest absolute Gasteiger partial charge is 0.166 e. The van der Waals surface area contributed by atoms with E-state index in [1.165, 1.54) is 16.7 Å². The molecule has 212 valence electrons. The summed E-state index contributed by atoms with van der Waals surface area (Å²) < 4.78 is 19.9. The van der Waals surface area contributed by atoms with Crippen LogP contribution < -0.4 is 9.47 Å². The first-order valence-electron chi connectivity index (χ1n) is 14.8. The molecule has 1 spiro atoms. The Hall–Kier alpha value is -3.41. The second-order valence-electron chi connectivity index (χ2n) is 12.6. The molecular weight excluding hydrogens is 510 g/mol. The van der Waals surface area contributed by atoms with Crippen LogP contribution in [-0.4, -0.2) is 42.1 Å². The maximum atomic E-state index is 13.4. The van der Waals surface area contributed by atoms with Crippen LogP contribution >= 0.6 is 0 Å². The van der Waals surface area contributed by atoms with Gasteiger partial charge in [-0.1, -0.05) is 79.7 Å². The molecule has 0 aromatic heterocycles. The Kier molecular flexibility index (Phi) is 6.18. The van der Waals surface area contributed by atoms with Crippen LogP contribution in [0.15, 0.2) is 85.5 Å². The highest BCUT2D eigenvalue weighted by Crippen LogP contribution is 2.72. The fourth-order valence-electron chi connectivity index (χ4n) is 9.06. The van der Waals surface area contributed by atoms with Crippen LogP contribution in [0.1, 0.15) is 48.9 Å². The number of ether oxygens (including phenoxy) is 3. The minimum absolute atomic E-state index is 0.126. The van der Waals surface area contributed by atoms with E-state index < -0.39 is 5.60 Å². The largest absolute Gasteiger partial charge is 0.485 e. The monoisotopic (exact) mass is 549 g/mol. The molecule has 2 bridgehead atoms. The van der Waals surface area contributed by atoms with Crippen LogP contribution in [0.25, 0.3) is 0 Å². The molecule has 1 saturated heterocycles. The van der Waals surface area contributed by atoms with Gasteiger partial charge in [-0.15, -0.1) is 6.58 Å². The molecule has 5 heteroatoms. The van der Waals surface area contributed by atoms with Gasteiger partial charge in [0.15, 0.2) is 11.5 Å². The van der Waals surface area contributed by atoms with Gasteiger partial charge in [0.25, 0.3) is 0 Å². The summed E-state index contributed by atoms with van der Waals surface area (Å²) in [6.07, 6.45) is 4.05. The number of carbonyl (C=O) groups excluding carboxylic acids is 1. The summed E-state index contributed by atoms with van der Waals surface area (Å²) in [5, 5.41) is 0. The normalized spacial score (nSPS) is 33.0. The minimum atomic E-state index is -0.929. The van der Waals surface area contributed by atoms with Crippen molar-refractivity contribution in [2.75, 3.05) is 13.7 Å². The fourth-order valence-corrected chi connectivity index (χ4v) is 9.06. The topological polar surface area (TPSA) is 48.0 Å². The lowest BCUT2D eigenvalue weighted by Crippen LogP contribution is -2.77. The van der Waals surface area contributed by atoms with Crippen molar-refractivity contribution in [2.24, 2.45) is 11.3 Å². The van der Waals surface area contributed by atoms with Gasteiger partial charge in [0.05, 0.1) is 5.92 Å². The van der Waals surface area contributed by atoms with Gasteiger partial charge in [-0.2, -0.15) is 0 Å². The number of rotatable bonds is 8. The third-order valence-electron chi connectivity index (χ3n) is 11.0. The first kappa shape index (κ1) is 26.5. The molecule has 3 aromatic rings. The Morgan fingerprint density at radius 2 is 1.78 bits per heavy atom. The first-order chi connectivity index (χ1) is 19.9. The summed E-state index contributed by atoms with van der Waals surface area (Å²) >= 11 is 0. The van der Waals surface area contributed by atoms with E-state index in [9.17, 15) is 4.79 Å². The fraction of sp³-hybridized carbons (Fsp3) is 0.417. The van der Waals surface area contributed by atoms with Crippen LogP contribution in [0, 0.1) is 11.3 Å². The third kappa shape index (κ3) is 3.58. The highest BCUT2D eigenvalue weighted by molar-refractivity contribution is 5.81. The van der Waals surface area contributed by atoms with Crippen molar-refractivity contribution >= 4 is 5.78 Å². The number of piperidine rings is 1. The van der Waals surface area contributed by atoms with E-state index in [-0.39, 0.29) is 34.7 Å². The quantitative estimate of drug-likeness (QED) is 0.310. The lowest BCUT2D eigenvalue weighted by Gasteiger charge is -2.68. The third-order valence-corrected chi connectivity index (χ3v) is 11.0. The zero-order valence-electron chi connectivity index (χ0n) is 24.3. The van der Waals surface area contributed by atoms with Crippen molar-refractivity contribution in [3.8, 4) is 11.5 Å². The molecule has 5 nitrogen and oxygen atoms in total. The van der Waals surface area contributed by atoms with Crippen LogP contribution in [0.3, 0.4) is 0 Å². The standard InChI is InChI=1S/C36H39NO4/c1-5-36(39-4)28(24(2)38)21-34(3)30-20-27-16-17-29(40-23-26-14-10-7-11-15-26)32-31(27)35(34,33(36)41-32)18-19-37(30)22-25-12-8-6-9-13-25/h5-17,28,30,33H,1,18-23H2,2-4H3/t28-,30-,33-,34-,35+,36-/m1/s1. The number of hydrogen-bond acceptors (Lipinski definition) is 5. The maximum Gasteiger partial charge on any atom is 0.166 e. The lowest BCUT2D eigenvalue weighted by atomic mass is 9.40. The first-order valence-corrected chi connectivity index (χ1v) is 14.8. The van der Waals surface area contributed by atoms with Crippen molar-refractivity contribution < 1.29 is 19.0 Å². The summed E-state index contributed by atoms with van der Waals surface area (Å²) in [7, 11) is 1.71. The molecule has 3 aromatic carbocycles.